The molecule has 1 fully saturated rings. The van der Waals surface area contributed by atoms with Crippen molar-refractivity contribution in [3.05, 3.63) is 53.3 Å². The van der Waals surface area contributed by atoms with Gasteiger partial charge >= 0.3 is 0 Å². The molecule has 1 aliphatic carbocycles. The zero-order chi connectivity index (χ0) is 19.2. The number of aliphatic hydroxyl groups excluding tert-OH is 1. The Balaban J connectivity index is 1.93. The Morgan fingerprint density at radius 1 is 1.44 bits per heavy atom. The maximum Gasteiger partial charge on any atom is 0.173 e. The van der Waals surface area contributed by atoms with E-state index in [9.17, 15) is 5.11 Å². The van der Waals surface area contributed by atoms with Gasteiger partial charge in [0.25, 0.3) is 0 Å². The summed E-state index contributed by atoms with van der Waals surface area (Å²) in [5, 5.41) is 21.0. The molecule has 7 heteroatoms. The molecule has 0 amide bonds. The van der Waals surface area contributed by atoms with Gasteiger partial charge in [-0.2, -0.15) is 9.61 Å². The molecule has 0 aliphatic heterocycles. The molecular weight excluding hydrogens is 406 g/mol. The van der Waals surface area contributed by atoms with Gasteiger partial charge in [0, 0.05) is 30.3 Å². The molecule has 27 heavy (non-hydrogen) atoms. The molecule has 0 aromatic carbocycles. The molecule has 1 aliphatic rings. The van der Waals surface area contributed by atoms with Crippen LogP contribution in [0.2, 0.25) is 0 Å². The van der Waals surface area contributed by atoms with Gasteiger partial charge < -0.3 is 15.7 Å². The number of allylic oxidation sites excluding steroid dienone is 4. The lowest BCUT2D eigenvalue weighted by Crippen LogP contribution is -2.34. The Labute approximate surface area is 168 Å². The molecule has 0 unspecified atom stereocenters. The summed E-state index contributed by atoms with van der Waals surface area (Å²) in [7, 11) is 0. The highest BCUT2D eigenvalue weighted by Crippen LogP contribution is 2.29. The minimum absolute atomic E-state index is 0.205. The van der Waals surface area contributed by atoms with E-state index in [1.807, 2.05) is 31.2 Å². The van der Waals surface area contributed by atoms with Crippen molar-refractivity contribution in [2.75, 3.05) is 17.2 Å². The Morgan fingerprint density at radius 2 is 2.26 bits per heavy atom. The van der Waals surface area contributed by atoms with Crippen LogP contribution in [0.5, 0.6) is 0 Å². The monoisotopic (exact) mass is 431 g/mol. The quantitative estimate of drug-likeness (QED) is 0.562. The number of hydrogen-bond acceptors (Lipinski definition) is 5. The average molecular weight is 432 g/mol. The second kappa shape index (κ2) is 9.19. The van der Waals surface area contributed by atoms with Crippen LogP contribution in [0.15, 0.2) is 53.3 Å². The van der Waals surface area contributed by atoms with Crippen LogP contribution < -0.4 is 10.6 Å². The van der Waals surface area contributed by atoms with Crippen molar-refractivity contribution >= 4 is 33.2 Å². The van der Waals surface area contributed by atoms with Crippen molar-refractivity contribution in [2.24, 2.45) is 5.92 Å². The summed E-state index contributed by atoms with van der Waals surface area (Å²) >= 11 is 3.53. The third kappa shape index (κ3) is 4.59. The van der Waals surface area contributed by atoms with Crippen LogP contribution in [0, 0.1) is 5.92 Å². The van der Waals surface area contributed by atoms with E-state index < -0.39 is 0 Å². The van der Waals surface area contributed by atoms with Crippen molar-refractivity contribution in [3.63, 3.8) is 0 Å². The summed E-state index contributed by atoms with van der Waals surface area (Å²) < 4.78 is 2.60. The second-order valence-corrected chi connectivity index (χ2v) is 7.55. The molecular formula is C20H26BrN5O. The van der Waals surface area contributed by atoms with Crippen LogP contribution in [0.3, 0.4) is 0 Å². The van der Waals surface area contributed by atoms with Gasteiger partial charge in [0.1, 0.15) is 11.6 Å². The largest absolute Gasteiger partial charge is 0.396 e. The first-order valence-corrected chi connectivity index (χ1v) is 10.1. The predicted molar refractivity (Wildman–Crippen MR) is 114 cm³/mol. The fourth-order valence-corrected chi connectivity index (χ4v) is 3.78. The zero-order valence-electron chi connectivity index (χ0n) is 15.5. The molecule has 144 valence electrons. The van der Waals surface area contributed by atoms with E-state index in [1.54, 1.807) is 16.8 Å². The highest BCUT2D eigenvalue weighted by atomic mass is 79.9. The van der Waals surface area contributed by atoms with E-state index in [0.29, 0.717) is 0 Å². The van der Waals surface area contributed by atoms with Crippen molar-refractivity contribution in [1.29, 1.82) is 0 Å². The van der Waals surface area contributed by atoms with E-state index >= 15 is 0 Å². The molecule has 0 radical (unpaired) electrons. The zero-order valence-corrected chi connectivity index (χ0v) is 17.1. The van der Waals surface area contributed by atoms with Crippen LogP contribution in [-0.4, -0.2) is 32.4 Å². The molecule has 0 bridgehead atoms. The van der Waals surface area contributed by atoms with E-state index in [2.05, 4.69) is 38.2 Å². The summed E-state index contributed by atoms with van der Waals surface area (Å²) in [6.07, 6.45) is 13.7. The summed E-state index contributed by atoms with van der Waals surface area (Å²) in [4.78, 5) is 4.72. The van der Waals surface area contributed by atoms with Crippen LogP contribution in [0.1, 0.15) is 32.6 Å². The third-order valence-electron chi connectivity index (χ3n) is 4.90. The topological polar surface area (TPSA) is 74.5 Å². The number of rotatable bonds is 7. The Kier molecular flexibility index (Phi) is 6.68. The van der Waals surface area contributed by atoms with Crippen molar-refractivity contribution in [1.82, 2.24) is 14.6 Å². The average Bonchev–Trinajstić information content (AvgIpc) is 3.06. The molecule has 2 aromatic heterocycles. The van der Waals surface area contributed by atoms with Gasteiger partial charge in [-0.25, -0.2) is 4.98 Å². The van der Waals surface area contributed by atoms with Gasteiger partial charge in [0.2, 0.25) is 0 Å². The fourth-order valence-electron chi connectivity index (χ4n) is 3.43. The van der Waals surface area contributed by atoms with Crippen LogP contribution >= 0.6 is 15.9 Å². The molecule has 0 saturated heterocycles. The van der Waals surface area contributed by atoms with Crippen LogP contribution in [0.25, 0.3) is 5.65 Å². The third-order valence-corrected chi connectivity index (χ3v) is 5.46. The van der Waals surface area contributed by atoms with Crippen LogP contribution in [0.4, 0.5) is 11.6 Å². The minimum Gasteiger partial charge on any atom is -0.396 e. The number of nitrogens with one attached hydrogen (secondary N) is 2. The number of fused-ring (bicyclic) bond motifs is 1. The second-order valence-electron chi connectivity index (χ2n) is 6.70. The number of anilines is 2. The van der Waals surface area contributed by atoms with E-state index in [1.165, 1.54) is 12.8 Å². The smallest absolute Gasteiger partial charge is 0.173 e. The lowest BCUT2D eigenvalue weighted by atomic mass is 9.85. The number of aromatic nitrogens is 3. The van der Waals surface area contributed by atoms with Gasteiger partial charge in [-0.05, 0) is 41.8 Å². The van der Waals surface area contributed by atoms with Gasteiger partial charge in [0.05, 0.1) is 10.7 Å². The molecule has 2 heterocycles. The van der Waals surface area contributed by atoms with Gasteiger partial charge in [-0.15, -0.1) is 0 Å². The lowest BCUT2D eigenvalue weighted by Gasteiger charge is -2.31. The van der Waals surface area contributed by atoms with Gasteiger partial charge in [-0.3, -0.25) is 0 Å². The first kappa shape index (κ1) is 19.6. The highest BCUT2D eigenvalue weighted by Gasteiger charge is 2.25. The van der Waals surface area contributed by atoms with Crippen LogP contribution in [-0.2, 0) is 0 Å². The summed E-state index contributed by atoms with van der Waals surface area (Å²) in [5.74, 6) is 1.86. The molecule has 3 N–H and O–H groups in total. The summed E-state index contributed by atoms with van der Waals surface area (Å²) in [5.41, 5.74) is 1.67. The Hall–Kier alpha value is -2.12. The summed E-state index contributed by atoms with van der Waals surface area (Å²) in [6, 6.07) is 2.19. The number of nitrogens with zero attached hydrogens (tertiary/aromatic N) is 3. The number of hydrogen-bond donors (Lipinski definition) is 3. The molecule has 0 spiro atoms. The van der Waals surface area contributed by atoms with E-state index in [0.717, 1.165) is 40.3 Å². The van der Waals surface area contributed by atoms with Gasteiger partial charge in [0.15, 0.2) is 5.65 Å². The maximum atomic E-state index is 9.69. The van der Waals surface area contributed by atoms with Gasteiger partial charge in [-0.1, -0.05) is 37.6 Å². The Morgan fingerprint density at radius 3 is 3.00 bits per heavy atom. The fraction of sp³-hybridized carbons (Fsp3) is 0.400. The normalized spacial score (nSPS) is 20.9. The van der Waals surface area contributed by atoms with E-state index in [-0.39, 0.29) is 18.6 Å². The maximum absolute atomic E-state index is 9.69. The molecule has 2 aromatic rings. The van der Waals surface area contributed by atoms with Crippen molar-refractivity contribution in [3.8, 4) is 0 Å². The molecule has 2 atom stereocenters. The first-order chi connectivity index (χ1) is 13.2. The van der Waals surface area contributed by atoms with E-state index in [4.69, 9.17) is 4.98 Å². The predicted octanol–water partition coefficient (Wildman–Crippen LogP) is 4.51. The molecule has 6 nitrogen and oxygen atoms in total. The number of aliphatic hydroxyl groups is 1. The van der Waals surface area contributed by atoms with Crippen molar-refractivity contribution in [2.45, 2.75) is 38.6 Å². The van der Waals surface area contributed by atoms with Crippen molar-refractivity contribution < 1.29 is 5.11 Å². The number of halogens is 1. The first-order valence-electron chi connectivity index (χ1n) is 9.30. The summed E-state index contributed by atoms with van der Waals surface area (Å²) in [6.45, 7) is 5.89. The minimum atomic E-state index is 0.205. The highest BCUT2D eigenvalue weighted by molar-refractivity contribution is 9.10. The lowest BCUT2D eigenvalue weighted by molar-refractivity contribution is 0.178. The molecule has 3 rings (SSSR count). The SMILES string of the molecule is C=C/C=C\C(=C/C)Nc1cc(N[C@@H]2CCCC[C@H]2CO)nc2c(Br)cnn12. The standard InChI is InChI=1S/C20H26BrN5O/c1-3-5-9-15(4-2)23-19-11-18(25-20-16(21)12-22-26(19)20)24-17-10-7-6-8-14(17)13-27/h3-5,9,11-12,14,17,23,27H,1,6-8,10,13H2,2H3,(H,24,25)/b9-5-,15-4+/t14-,17+/m0/s1. The molecule has 1 saturated carbocycles. The Bertz CT molecular complexity index is 857.